The van der Waals surface area contributed by atoms with Crippen LogP contribution in [0.1, 0.15) is 12.6 Å². The molecule has 1 heterocycles. The number of fused-ring (bicyclic) bond motifs is 1. The number of carbonyl (C=O) groups is 1. The number of hydrogen-bond acceptors (Lipinski definition) is 3. The first-order valence-electron chi connectivity index (χ1n) is 5.87. The van der Waals surface area contributed by atoms with E-state index in [9.17, 15) is 4.79 Å². The largest absolute Gasteiger partial charge is 0.497 e. The number of hydrogen-bond donors (Lipinski definition) is 1. The van der Waals surface area contributed by atoms with E-state index in [1.165, 1.54) is 6.92 Å². The van der Waals surface area contributed by atoms with E-state index >= 15 is 0 Å². The van der Waals surface area contributed by atoms with Crippen LogP contribution in [0.15, 0.2) is 30.5 Å². The number of benzene rings is 1. The highest BCUT2D eigenvalue weighted by Crippen LogP contribution is 2.22. The lowest BCUT2D eigenvalue weighted by Crippen LogP contribution is -2.22. The summed E-state index contributed by atoms with van der Waals surface area (Å²) in [7, 11) is 1.65. The minimum Gasteiger partial charge on any atom is -0.497 e. The Labute approximate surface area is 106 Å². The smallest absolute Gasteiger partial charge is 0.216 e. The average Bonchev–Trinajstić information content (AvgIpc) is 2.38. The van der Waals surface area contributed by atoms with Crippen molar-refractivity contribution in [1.82, 2.24) is 10.3 Å². The summed E-state index contributed by atoms with van der Waals surface area (Å²) in [5, 5.41) is 4.98. The number of methoxy groups -OCH3 is 1. The first-order valence-corrected chi connectivity index (χ1v) is 5.87. The number of aromatic nitrogens is 1. The topological polar surface area (TPSA) is 51.2 Å². The van der Waals surface area contributed by atoms with E-state index in [0.717, 1.165) is 22.2 Å². The molecule has 94 valence electrons. The summed E-state index contributed by atoms with van der Waals surface area (Å²) >= 11 is 0. The molecule has 4 heteroatoms. The lowest BCUT2D eigenvalue weighted by Gasteiger charge is -2.07. The molecule has 18 heavy (non-hydrogen) atoms. The molecule has 0 aliphatic rings. The summed E-state index contributed by atoms with van der Waals surface area (Å²) in [4.78, 5) is 15.2. The second-order valence-corrected chi connectivity index (χ2v) is 4.08. The molecular formula is C14H16N2O2. The molecule has 0 aliphatic carbocycles. The highest BCUT2D eigenvalue weighted by Gasteiger charge is 2.04. The van der Waals surface area contributed by atoms with E-state index in [1.54, 1.807) is 13.3 Å². The fraction of sp³-hybridized carbons (Fsp3) is 0.286. The molecule has 0 atom stereocenters. The van der Waals surface area contributed by atoms with Gasteiger partial charge in [-0.15, -0.1) is 0 Å². The summed E-state index contributed by atoms with van der Waals surface area (Å²) in [5.74, 6) is 0.795. The SMILES string of the molecule is COc1ccc2ccnc(CCNC(C)=O)c2c1. The normalized spacial score (nSPS) is 10.3. The maximum atomic E-state index is 10.8. The van der Waals surface area contributed by atoms with Crippen LogP contribution in [0, 0.1) is 0 Å². The van der Waals surface area contributed by atoms with Crippen molar-refractivity contribution in [2.24, 2.45) is 0 Å². The molecule has 4 nitrogen and oxygen atoms in total. The maximum Gasteiger partial charge on any atom is 0.216 e. The fourth-order valence-corrected chi connectivity index (χ4v) is 1.89. The molecule has 2 rings (SSSR count). The van der Waals surface area contributed by atoms with Crippen molar-refractivity contribution in [3.05, 3.63) is 36.2 Å². The van der Waals surface area contributed by atoms with Crippen molar-refractivity contribution in [3.63, 3.8) is 0 Å². The molecule has 0 radical (unpaired) electrons. The van der Waals surface area contributed by atoms with Crippen LogP contribution in [0.4, 0.5) is 0 Å². The van der Waals surface area contributed by atoms with Gasteiger partial charge in [0.15, 0.2) is 0 Å². The Balaban J connectivity index is 2.28. The third kappa shape index (κ3) is 2.77. The molecular weight excluding hydrogens is 228 g/mol. The predicted molar refractivity (Wildman–Crippen MR) is 70.7 cm³/mol. The van der Waals surface area contributed by atoms with Gasteiger partial charge in [0, 0.05) is 31.5 Å². The number of pyridine rings is 1. The number of carbonyl (C=O) groups excluding carboxylic acids is 1. The lowest BCUT2D eigenvalue weighted by molar-refractivity contribution is -0.118. The second-order valence-electron chi connectivity index (χ2n) is 4.08. The van der Waals surface area contributed by atoms with E-state index in [4.69, 9.17) is 4.74 Å². The van der Waals surface area contributed by atoms with Gasteiger partial charge in [-0.3, -0.25) is 9.78 Å². The van der Waals surface area contributed by atoms with E-state index in [0.29, 0.717) is 13.0 Å². The van der Waals surface area contributed by atoms with Crippen LogP contribution in [-0.4, -0.2) is 24.5 Å². The Morgan fingerprint density at radius 3 is 2.94 bits per heavy atom. The van der Waals surface area contributed by atoms with Crippen molar-refractivity contribution in [2.75, 3.05) is 13.7 Å². The highest BCUT2D eigenvalue weighted by molar-refractivity contribution is 5.85. The van der Waals surface area contributed by atoms with Gasteiger partial charge in [-0.1, -0.05) is 6.07 Å². The quantitative estimate of drug-likeness (QED) is 0.894. The van der Waals surface area contributed by atoms with Gasteiger partial charge < -0.3 is 10.1 Å². The van der Waals surface area contributed by atoms with Gasteiger partial charge in [0.1, 0.15) is 5.75 Å². The number of nitrogens with zero attached hydrogens (tertiary/aromatic N) is 1. The van der Waals surface area contributed by atoms with Crippen molar-refractivity contribution < 1.29 is 9.53 Å². The number of nitrogens with one attached hydrogen (secondary N) is 1. The van der Waals surface area contributed by atoms with Crippen LogP contribution in [0.5, 0.6) is 5.75 Å². The Kier molecular flexibility index (Phi) is 3.77. The Morgan fingerprint density at radius 1 is 1.39 bits per heavy atom. The summed E-state index contributed by atoms with van der Waals surface area (Å²) in [5.41, 5.74) is 0.972. The van der Waals surface area contributed by atoms with Crippen LogP contribution in [0.3, 0.4) is 0 Å². The molecule has 2 aromatic rings. The van der Waals surface area contributed by atoms with E-state index < -0.39 is 0 Å². The molecule has 1 N–H and O–H groups in total. The minimum absolute atomic E-state index is 0.0205. The van der Waals surface area contributed by atoms with Gasteiger partial charge in [-0.25, -0.2) is 0 Å². The van der Waals surface area contributed by atoms with Crippen LogP contribution >= 0.6 is 0 Å². The van der Waals surface area contributed by atoms with Gasteiger partial charge in [0.25, 0.3) is 0 Å². The van der Waals surface area contributed by atoms with Crippen molar-refractivity contribution >= 4 is 16.7 Å². The summed E-state index contributed by atoms with van der Waals surface area (Å²) in [6, 6.07) is 7.89. The zero-order valence-corrected chi connectivity index (χ0v) is 10.6. The molecule has 0 unspecified atom stereocenters. The molecule has 0 aliphatic heterocycles. The van der Waals surface area contributed by atoms with Crippen LogP contribution in [0.25, 0.3) is 10.8 Å². The zero-order chi connectivity index (χ0) is 13.0. The first kappa shape index (κ1) is 12.4. The highest BCUT2D eigenvalue weighted by atomic mass is 16.5. The molecule has 0 saturated carbocycles. The maximum absolute atomic E-state index is 10.8. The molecule has 1 amide bonds. The molecule has 0 fully saturated rings. The summed E-state index contributed by atoms with van der Waals surface area (Å²) in [6.07, 6.45) is 2.50. The zero-order valence-electron chi connectivity index (χ0n) is 10.6. The minimum atomic E-state index is -0.0205. The predicted octanol–water partition coefficient (Wildman–Crippen LogP) is 1.92. The fourth-order valence-electron chi connectivity index (χ4n) is 1.89. The summed E-state index contributed by atoms with van der Waals surface area (Å²) < 4.78 is 5.22. The van der Waals surface area contributed by atoms with E-state index in [2.05, 4.69) is 10.3 Å². The average molecular weight is 244 g/mol. The first-order chi connectivity index (χ1) is 8.70. The lowest BCUT2D eigenvalue weighted by atomic mass is 10.1. The number of rotatable bonds is 4. The third-order valence-electron chi connectivity index (χ3n) is 2.79. The number of ether oxygens (including phenoxy) is 1. The molecule has 1 aromatic heterocycles. The Hall–Kier alpha value is -2.10. The van der Waals surface area contributed by atoms with Gasteiger partial charge in [0.05, 0.1) is 12.8 Å². The van der Waals surface area contributed by atoms with Gasteiger partial charge in [-0.2, -0.15) is 0 Å². The van der Waals surface area contributed by atoms with Crippen LogP contribution < -0.4 is 10.1 Å². The van der Waals surface area contributed by atoms with Crippen molar-refractivity contribution in [3.8, 4) is 5.75 Å². The standard InChI is InChI=1S/C14H16N2O2/c1-10(17)15-8-6-14-13-9-12(18-2)4-3-11(13)5-7-16-14/h3-5,7,9H,6,8H2,1-2H3,(H,15,17). The van der Waals surface area contributed by atoms with E-state index in [-0.39, 0.29) is 5.91 Å². The summed E-state index contributed by atoms with van der Waals surface area (Å²) in [6.45, 7) is 2.11. The Bertz CT molecular complexity index is 567. The van der Waals surface area contributed by atoms with Gasteiger partial charge in [0.2, 0.25) is 5.91 Å². The number of amides is 1. The van der Waals surface area contributed by atoms with E-state index in [1.807, 2.05) is 24.3 Å². The van der Waals surface area contributed by atoms with Gasteiger partial charge >= 0.3 is 0 Å². The van der Waals surface area contributed by atoms with Crippen molar-refractivity contribution in [1.29, 1.82) is 0 Å². The second kappa shape index (κ2) is 5.49. The molecule has 0 bridgehead atoms. The van der Waals surface area contributed by atoms with Gasteiger partial charge in [-0.05, 0) is 23.6 Å². The van der Waals surface area contributed by atoms with Crippen molar-refractivity contribution in [2.45, 2.75) is 13.3 Å². The van der Waals surface area contributed by atoms with Crippen LogP contribution in [0.2, 0.25) is 0 Å². The monoisotopic (exact) mass is 244 g/mol. The third-order valence-corrected chi connectivity index (χ3v) is 2.79. The molecule has 0 spiro atoms. The Morgan fingerprint density at radius 2 is 2.22 bits per heavy atom. The molecule has 0 saturated heterocycles. The van der Waals surface area contributed by atoms with Crippen LogP contribution in [-0.2, 0) is 11.2 Å². The molecule has 1 aromatic carbocycles.